The molecule has 0 aromatic carbocycles. The zero-order valence-electron chi connectivity index (χ0n) is 20.1. The smallest absolute Gasteiger partial charge is 0.162 e. The van der Waals surface area contributed by atoms with E-state index < -0.39 is 0 Å². The fourth-order valence-corrected chi connectivity index (χ4v) is 4.46. The lowest BCUT2D eigenvalue weighted by atomic mass is 9.57. The predicted molar refractivity (Wildman–Crippen MR) is 127 cm³/mol. The number of hydrogen-bond donors (Lipinski definition) is 1. The van der Waals surface area contributed by atoms with Crippen molar-refractivity contribution in [3.63, 3.8) is 0 Å². The van der Waals surface area contributed by atoms with E-state index >= 15 is 0 Å². The van der Waals surface area contributed by atoms with Crippen LogP contribution in [0, 0.1) is 17.3 Å². The minimum absolute atomic E-state index is 0.0196. The number of rotatable bonds is 7. The summed E-state index contributed by atoms with van der Waals surface area (Å²) in [6, 6.07) is 0. The van der Waals surface area contributed by atoms with E-state index in [4.69, 9.17) is 9.53 Å². The zero-order chi connectivity index (χ0) is 23.8. The minimum atomic E-state index is -0.311. The van der Waals surface area contributed by atoms with Crippen molar-refractivity contribution in [2.24, 2.45) is 17.3 Å². The number of hydrogen-bond acceptors (Lipinski definition) is 4. The van der Waals surface area contributed by atoms with Gasteiger partial charge < -0.3 is 14.6 Å². The number of carbonyl (C=O) groups excluding carboxylic acids is 2. The largest absolute Gasteiger partial charge is 0.494 e. The van der Waals surface area contributed by atoms with Crippen LogP contribution in [0.15, 0.2) is 59.4 Å². The predicted octanol–water partition coefficient (Wildman–Crippen LogP) is 5.89. The van der Waals surface area contributed by atoms with E-state index in [1.54, 1.807) is 6.92 Å². The second-order valence-electron chi connectivity index (χ2n) is 9.19. The molecule has 0 amide bonds. The molecule has 2 aliphatic rings. The van der Waals surface area contributed by atoms with E-state index in [-0.39, 0.29) is 29.3 Å². The summed E-state index contributed by atoms with van der Waals surface area (Å²) in [7, 11) is 0. The SMILES string of the molecule is C=C(C)C1CC2(C)C(=CC1=O)CCC(O/C(C)=C(C)/C=C/C=C/CC(C)O)C2C.C=O. The maximum absolute atomic E-state index is 12.5. The highest BCUT2D eigenvalue weighted by Gasteiger charge is 2.48. The van der Waals surface area contributed by atoms with Gasteiger partial charge in [0.25, 0.3) is 0 Å². The minimum Gasteiger partial charge on any atom is -0.494 e. The van der Waals surface area contributed by atoms with Crippen LogP contribution in [0.25, 0.3) is 0 Å². The van der Waals surface area contributed by atoms with E-state index in [2.05, 4.69) is 27.4 Å². The molecular weight excluding hydrogens is 388 g/mol. The van der Waals surface area contributed by atoms with Crippen molar-refractivity contribution in [1.82, 2.24) is 0 Å². The van der Waals surface area contributed by atoms with Crippen LogP contribution in [0.3, 0.4) is 0 Å². The van der Waals surface area contributed by atoms with Crippen LogP contribution < -0.4 is 0 Å². The van der Waals surface area contributed by atoms with Crippen LogP contribution >= 0.6 is 0 Å². The third-order valence-corrected chi connectivity index (χ3v) is 6.83. The first-order valence-corrected chi connectivity index (χ1v) is 11.1. The molecule has 31 heavy (non-hydrogen) atoms. The molecule has 2 rings (SSSR count). The quantitative estimate of drug-likeness (QED) is 0.312. The van der Waals surface area contributed by atoms with Gasteiger partial charge in [-0.25, -0.2) is 0 Å². The zero-order valence-corrected chi connectivity index (χ0v) is 20.1. The van der Waals surface area contributed by atoms with Gasteiger partial charge in [-0.15, -0.1) is 0 Å². The molecule has 5 unspecified atom stereocenters. The highest BCUT2D eigenvalue weighted by Crippen LogP contribution is 2.53. The lowest BCUT2D eigenvalue weighted by Gasteiger charge is -2.49. The van der Waals surface area contributed by atoms with Crippen molar-refractivity contribution in [3.8, 4) is 0 Å². The first-order valence-electron chi connectivity index (χ1n) is 11.1. The van der Waals surface area contributed by atoms with Crippen LogP contribution in [0.1, 0.15) is 67.2 Å². The molecule has 2 aliphatic carbocycles. The number of carbonyl (C=O) groups is 2. The van der Waals surface area contributed by atoms with Gasteiger partial charge >= 0.3 is 0 Å². The molecule has 1 N–H and O–H groups in total. The van der Waals surface area contributed by atoms with Crippen molar-refractivity contribution < 1.29 is 19.4 Å². The first-order chi connectivity index (χ1) is 14.6. The highest BCUT2D eigenvalue weighted by molar-refractivity contribution is 5.95. The van der Waals surface area contributed by atoms with Crippen LogP contribution in [0.2, 0.25) is 0 Å². The van der Waals surface area contributed by atoms with Crippen molar-refractivity contribution in [3.05, 3.63) is 59.4 Å². The summed E-state index contributed by atoms with van der Waals surface area (Å²) in [5.41, 5.74) is 3.33. The Bertz CT molecular complexity index is 768. The van der Waals surface area contributed by atoms with Gasteiger partial charge in [-0.1, -0.05) is 55.9 Å². The van der Waals surface area contributed by atoms with Gasteiger partial charge in [-0.3, -0.25) is 4.79 Å². The van der Waals surface area contributed by atoms with Crippen molar-refractivity contribution in [1.29, 1.82) is 0 Å². The second-order valence-corrected chi connectivity index (χ2v) is 9.19. The normalized spacial score (nSPS) is 30.1. The monoisotopic (exact) mass is 428 g/mol. The summed E-state index contributed by atoms with van der Waals surface area (Å²) in [6.45, 7) is 18.4. The third kappa shape index (κ3) is 6.90. The van der Waals surface area contributed by atoms with E-state index in [1.165, 1.54) is 5.57 Å². The van der Waals surface area contributed by atoms with E-state index in [1.807, 2.05) is 51.0 Å². The number of allylic oxidation sites excluding steroid dienone is 8. The standard InChI is InChI=1S/C26H38O3.CH2O/c1-17(2)23-16-26(7)20(5)25(14-13-22(26)15-24(23)28)29-21(6)18(3)11-9-8-10-12-19(4)27;1-2/h8-11,15,19-20,23,25,27H,1,12-14,16H2,2-7H3;1H2/b10-8+,11-9+,21-18+;. The molecule has 172 valence electrons. The number of ketones is 1. The summed E-state index contributed by atoms with van der Waals surface area (Å²) in [6.07, 6.45) is 13.0. The Hall–Kier alpha value is -2.20. The van der Waals surface area contributed by atoms with Gasteiger partial charge in [-0.2, -0.15) is 0 Å². The molecule has 0 heterocycles. The summed E-state index contributed by atoms with van der Waals surface area (Å²) in [5, 5.41) is 9.29. The number of ether oxygens (including phenoxy) is 1. The summed E-state index contributed by atoms with van der Waals surface area (Å²) in [5.74, 6) is 1.42. The lowest BCUT2D eigenvalue weighted by molar-refractivity contribution is -0.120. The summed E-state index contributed by atoms with van der Waals surface area (Å²) >= 11 is 0. The Morgan fingerprint density at radius 1 is 1.32 bits per heavy atom. The highest BCUT2D eigenvalue weighted by atomic mass is 16.5. The Kier molecular flexibility index (Phi) is 10.4. The van der Waals surface area contributed by atoms with Gasteiger partial charge in [0, 0.05) is 11.8 Å². The molecule has 0 aromatic rings. The van der Waals surface area contributed by atoms with Crippen molar-refractivity contribution >= 4 is 12.6 Å². The third-order valence-electron chi connectivity index (χ3n) is 6.83. The Morgan fingerprint density at radius 3 is 2.55 bits per heavy atom. The molecule has 0 radical (unpaired) electrons. The van der Waals surface area contributed by atoms with Gasteiger partial charge in [0.05, 0.1) is 11.9 Å². The second kappa shape index (κ2) is 12.0. The topological polar surface area (TPSA) is 63.6 Å². The molecule has 0 spiro atoms. The molecule has 0 bridgehead atoms. The molecule has 1 fully saturated rings. The van der Waals surface area contributed by atoms with Crippen LogP contribution in [-0.2, 0) is 14.3 Å². The summed E-state index contributed by atoms with van der Waals surface area (Å²) < 4.78 is 6.43. The van der Waals surface area contributed by atoms with E-state index in [0.29, 0.717) is 12.3 Å². The number of aliphatic hydroxyl groups excluding tert-OH is 1. The van der Waals surface area contributed by atoms with Crippen molar-refractivity contribution in [2.75, 3.05) is 0 Å². The van der Waals surface area contributed by atoms with Gasteiger partial charge in [-0.05, 0) is 70.4 Å². The van der Waals surface area contributed by atoms with Gasteiger partial charge in [0.15, 0.2) is 5.78 Å². The Labute approximate surface area is 188 Å². The first kappa shape index (κ1) is 26.8. The van der Waals surface area contributed by atoms with Gasteiger partial charge in [0.1, 0.15) is 12.9 Å². The lowest BCUT2D eigenvalue weighted by Crippen LogP contribution is -2.45. The molecule has 0 aliphatic heterocycles. The maximum Gasteiger partial charge on any atom is 0.162 e. The average Bonchev–Trinajstić information content (AvgIpc) is 2.72. The molecule has 4 nitrogen and oxygen atoms in total. The fraction of sp³-hybridized carbons (Fsp3) is 0.556. The van der Waals surface area contributed by atoms with Crippen molar-refractivity contribution in [2.45, 2.75) is 79.4 Å². The Morgan fingerprint density at radius 2 is 1.97 bits per heavy atom. The molecule has 5 atom stereocenters. The number of aliphatic hydroxyl groups is 1. The van der Waals surface area contributed by atoms with Crippen LogP contribution in [0.4, 0.5) is 0 Å². The number of fused-ring (bicyclic) bond motifs is 1. The molecule has 4 heteroatoms. The van der Waals surface area contributed by atoms with Crippen LogP contribution in [0.5, 0.6) is 0 Å². The van der Waals surface area contributed by atoms with Crippen LogP contribution in [-0.4, -0.2) is 29.9 Å². The molecule has 1 saturated carbocycles. The van der Waals surface area contributed by atoms with Gasteiger partial charge in [0.2, 0.25) is 0 Å². The molecular formula is C27H40O4. The summed E-state index contributed by atoms with van der Waals surface area (Å²) in [4.78, 5) is 20.5. The molecule has 0 saturated heterocycles. The average molecular weight is 429 g/mol. The maximum atomic E-state index is 12.5. The Balaban J connectivity index is 0.00000233. The fourth-order valence-electron chi connectivity index (χ4n) is 4.46. The van der Waals surface area contributed by atoms with E-state index in [0.717, 1.165) is 36.2 Å². The molecule has 0 aromatic heterocycles. The van der Waals surface area contributed by atoms with E-state index in [9.17, 15) is 9.90 Å².